The van der Waals surface area contributed by atoms with E-state index in [0.29, 0.717) is 12.6 Å². The maximum absolute atomic E-state index is 6.39. The van der Waals surface area contributed by atoms with Gasteiger partial charge in [-0.1, -0.05) is 19.3 Å². The van der Waals surface area contributed by atoms with E-state index in [-0.39, 0.29) is 5.60 Å². The molecular formula is C15H25N3O. The Morgan fingerprint density at radius 3 is 2.95 bits per heavy atom. The SMILES string of the molecule is NCCc1cn(CC2CCC3(CCCCC3)O2)cn1. The van der Waals surface area contributed by atoms with Gasteiger partial charge in [0.1, 0.15) is 0 Å². The van der Waals surface area contributed by atoms with Crippen molar-refractivity contribution in [3.05, 3.63) is 18.2 Å². The van der Waals surface area contributed by atoms with E-state index in [0.717, 1.165) is 18.7 Å². The fraction of sp³-hybridized carbons (Fsp3) is 0.800. The highest BCUT2D eigenvalue weighted by atomic mass is 16.5. The van der Waals surface area contributed by atoms with Gasteiger partial charge < -0.3 is 15.0 Å². The van der Waals surface area contributed by atoms with Crippen LogP contribution in [0.4, 0.5) is 0 Å². The van der Waals surface area contributed by atoms with Gasteiger partial charge in [-0.05, 0) is 32.2 Å². The van der Waals surface area contributed by atoms with Crippen molar-refractivity contribution in [1.82, 2.24) is 9.55 Å². The predicted molar refractivity (Wildman–Crippen MR) is 74.9 cm³/mol. The summed E-state index contributed by atoms with van der Waals surface area (Å²) >= 11 is 0. The van der Waals surface area contributed by atoms with E-state index in [2.05, 4.69) is 15.7 Å². The summed E-state index contributed by atoms with van der Waals surface area (Å²) in [5, 5.41) is 0. The first-order valence-corrected chi connectivity index (χ1v) is 7.68. The summed E-state index contributed by atoms with van der Waals surface area (Å²) in [7, 11) is 0. The smallest absolute Gasteiger partial charge is 0.0950 e. The van der Waals surface area contributed by atoms with Crippen molar-refractivity contribution in [2.75, 3.05) is 6.54 Å². The zero-order chi connectivity index (χ0) is 13.1. The van der Waals surface area contributed by atoms with Gasteiger partial charge in [-0.2, -0.15) is 0 Å². The minimum absolute atomic E-state index is 0.226. The first-order valence-electron chi connectivity index (χ1n) is 7.68. The molecule has 0 bridgehead atoms. The number of nitrogens with two attached hydrogens (primary N) is 1. The molecule has 1 saturated heterocycles. The maximum Gasteiger partial charge on any atom is 0.0950 e. The molecule has 1 saturated carbocycles. The van der Waals surface area contributed by atoms with E-state index in [1.165, 1.54) is 44.9 Å². The molecule has 0 aromatic carbocycles. The van der Waals surface area contributed by atoms with Gasteiger partial charge in [0.15, 0.2) is 0 Å². The van der Waals surface area contributed by atoms with Gasteiger partial charge in [-0.25, -0.2) is 4.98 Å². The summed E-state index contributed by atoms with van der Waals surface area (Å²) in [6.45, 7) is 1.61. The van der Waals surface area contributed by atoms with Crippen LogP contribution in [0.25, 0.3) is 0 Å². The van der Waals surface area contributed by atoms with Crippen molar-refractivity contribution in [1.29, 1.82) is 0 Å². The Balaban J connectivity index is 1.55. The minimum atomic E-state index is 0.226. The molecule has 0 amide bonds. The molecule has 2 aliphatic rings. The molecule has 1 atom stereocenters. The molecule has 0 radical (unpaired) electrons. The molecule has 4 nitrogen and oxygen atoms in total. The summed E-state index contributed by atoms with van der Waals surface area (Å²) in [5.41, 5.74) is 6.87. The van der Waals surface area contributed by atoms with Crippen LogP contribution in [0.15, 0.2) is 12.5 Å². The zero-order valence-electron chi connectivity index (χ0n) is 11.7. The van der Waals surface area contributed by atoms with Gasteiger partial charge in [0.05, 0.1) is 23.7 Å². The number of hydrogen-bond acceptors (Lipinski definition) is 3. The quantitative estimate of drug-likeness (QED) is 0.906. The third kappa shape index (κ3) is 3.00. The topological polar surface area (TPSA) is 53.1 Å². The Bertz CT molecular complexity index is 409. The number of hydrogen-bond donors (Lipinski definition) is 1. The molecule has 106 valence electrons. The molecule has 2 N–H and O–H groups in total. The normalized spacial score (nSPS) is 26.1. The molecule has 1 aliphatic carbocycles. The molecule has 1 aromatic heterocycles. The second-order valence-corrected chi connectivity index (χ2v) is 6.12. The van der Waals surface area contributed by atoms with Crippen molar-refractivity contribution in [2.45, 2.75) is 69.6 Å². The van der Waals surface area contributed by atoms with Crippen molar-refractivity contribution < 1.29 is 4.74 Å². The number of rotatable bonds is 4. The van der Waals surface area contributed by atoms with Gasteiger partial charge in [0, 0.05) is 19.2 Å². The van der Waals surface area contributed by atoms with Crippen LogP contribution < -0.4 is 5.73 Å². The number of imidazole rings is 1. The largest absolute Gasteiger partial charge is 0.370 e. The minimum Gasteiger partial charge on any atom is -0.370 e. The Morgan fingerprint density at radius 2 is 2.16 bits per heavy atom. The third-order valence-electron chi connectivity index (χ3n) is 4.61. The van der Waals surface area contributed by atoms with Crippen LogP contribution in [0.2, 0.25) is 0 Å². The van der Waals surface area contributed by atoms with Crippen LogP contribution in [0.3, 0.4) is 0 Å². The van der Waals surface area contributed by atoms with Gasteiger partial charge in [0.2, 0.25) is 0 Å². The van der Waals surface area contributed by atoms with E-state index in [1.54, 1.807) is 0 Å². The second kappa shape index (κ2) is 5.63. The number of nitrogens with zero attached hydrogens (tertiary/aromatic N) is 2. The lowest BCUT2D eigenvalue weighted by Gasteiger charge is -2.33. The summed E-state index contributed by atoms with van der Waals surface area (Å²) < 4.78 is 8.55. The highest BCUT2D eigenvalue weighted by Gasteiger charge is 2.40. The molecule has 4 heteroatoms. The fourth-order valence-electron chi connectivity index (χ4n) is 3.61. The number of ether oxygens (including phenoxy) is 1. The zero-order valence-corrected chi connectivity index (χ0v) is 11.7. The lowest BCUT2D eigenvalue weighted by molar-refractivity contribution is -0.0679. The van der Waals surface area contributed by atoms with Crippen LogP contribution >= 0.6 is 0 Å². The van der Waals surface area contributed by atoms with Gasteiger partial charge in [-0.15, -0.1) is 0 Å². The average molecular weight is 263 g/mol. The summed E-state index contributed by atoms with van der Waals surface area (Å²) in [6, 6.07) is 0. The van der Waals surface area contributed by atoms with E-state index >= 15 is 0 Å². The standard InChI is InChI=1S/C15H25N3O/c16-9-5-13-10-18(12-17-13)11-14-4-8-15(19-14)6-2-1-3-7-15/h10,12,14H,1-9,11,16H2. The van der Waals surface area contributed by atoms with Gasteiger partial charge >= 0.3 is 0 Å². The highest BCUT2D eigenvalue weighted by molar-refractivity contribution is 4.98. The Kier molecular flexibility index (Phi) is 3.89. The maximum atomic E-state index is 6.39. The van der Waals surface area contributed by atoms with Crippen molar-refractivity contribution >= 4 is 0 Å². The first-order chi connectivity index (χ1) is 9.30. The van der Waals surface area contributed by atoms with E-state index in [9.17, 15) is 0 Å². The molecule has 1 spiro atoms. The second-order valence-electron chi connectivity index (χ2n) is 6.12. The van der Waals surface area contributed by atoms with Crippen molar-refractivity contribution in [3.8, 4) is 0 Å². The van der Waals surface area contributed by atoms with Crippen molar-refractivity contribution in [3.63, 3.8) is 0 Å². The third-order valence-corrected chi connectivity index (χ3v) is 4.61. The van der Waals surface area contributed by atoms with Crippen LogP contribution in [0, 0.1) is 0 Å². The van der Waals surface area contributed by atoms with E-state index in [4.69, 9.17) is 10.5 Å². The van der Waals surface area contributed by atoms with Gasteiger partial charge in [-0.3, -0.25) is 0 Å². The number of aromatic nitrogens is 2. The average Bonchev–Trinajstić information content (AvgIpc) is 3.00. The molecule has 19 heavy (non-hydrogen) atoms. The van der Waals surface area contributed by atoms with E-state index in [1.807, 2.05) is 6.33 Å². The van der Waals surface area contributed by atoms with E-state index < -0.39 is 0 Å². The Morgan fingerprint density at radius 1 is 1.32 bits per heavy atom. The summed E-state index contributed by atoms with van der Waals surface area (Å²) in [4.78, 5) is 4.38. The molecular weight excluding hydrogens is 238 g/mol. The molecule has 3 rings (SSSR count). The summed E-state index contributed by atoms with van der Waals surface area (Å²) in [5.74, 6) is 0. The molecule has 2 heterocycles. The van der Waals surface area contributed by atoms with Crippen molar-refractivity contribution in [2.24, 2.45) is 5.73 Å². The molecule has 2 fully saturated rings. The summed E-state index contributed by atoms with van der Waals surface area (Å²) in [6.07, 6.45) is 14.3. The van der Waals surface area contributed by atoms with Crippen LogP contribution in [-0.2, 0) is 17.7 Å². The Hall–Kier alpha value is -0.870. The first kappa shape index (κ1) is 13.1. The Labute approximate surface area is 115 Å². The highest BCUT2D eigenvalue weighted by Crippen LogP contribution is 2.42. The lowest BCUT2D eigenvalue weighted by Crippen LogP contribution is -2.32. The molecule has 1 aromatic rings. The molecule has 1 unspecified atom stereocenters. The lowest BCUT2D eigenvalue weighted by atomic mass is 9.83. The van der Waals surface area contributed by atoms with Crippen LogP contribution in [-0.4, -0.2) is 27.8 Å². The monoisotopic (exact) mass is 263 g/mol. The molecule has 1 aliphatic heterocycles. The van der Waals surface area contributed by atoms with Gasteiger partial charge in [0.25, 0.3) is 0 Å². The van der Waals surface area contributed by atoms with Crippen LogP contribution in [0.1, 0.15) is 50.6 Å². The fourth-order valence-corrected chi connectivity index (χ4v) is 3.61. The van der Waals surface area contributed by atoms with Crippen LogP contribution in [0.5, 0.6) is 0 Å². The predicted octanol–water partition coefficient (Wildman–Crippen LogP) is 2.27.